The smallest absolute Gasteiger partial charge is 0.335 e. The molecule has 0 bridgehead atoms. The van der Waals surface area contributed by atoms with Gasteiger partial charge in [-0.2, -0.15) is 0 Å². The highest BCUT2D eigenvalue weighted by atomic mass is 32.2. The van der Waals surface area contributed by atoms with Crippen LogP contribution < -0.4 is 4.90 Å². The third kappa shape index (κ3) is 4.35. The molecule has 0 amide bonds. The molecule has 7 nitrogen and oxygen atoms in total. The molecule has 0 aliphatic carbocycles. The summed E-state index contributed by atoms with van der Waals surface area (Å²) < 4.78 is 1.86. The quantitative estimate of drug-likeness (QED) is 0.324. The summed E-state index contributed by atoms with van der Waals surface area (Å²) in [5, 5.41) is 29.6. The summed E-state index contributed by atoms with van der Waals surface area (Å²) >= 11 is 8.06. The maximum Gasteiger partial charge on any atom is 0.335 e. The number of anilines is 1. The van der Waals surface area contributed by atoms with E-state index in [4.69, 9.17) is 22.4 Å². The minimum absolute atomic E-state index is 0.0209. The number of fused-ring (bicyclic) bond motifs is 1. The van der Waals surface area contributed by atoms with E-state index in [1.807, 2.05) is 29.2 Å². The molecular formula is C22H16N2O5S3. The third-order valence-corrected chi connectivity index (χ3v) is 7.08. The van der Waals surface area contributed by atoms with Crippen LogP contribution in [0.5, 0.6) is 5.88 Å². The number of nitrogens with zero attached hydrogens (tertiary/aromatic N) is 2. The van der Waals surface area contributed by atoms with Crippen LogP contribution >= 0.6 is 35.3 Å². The van der Waals surface area contributed by atoms with Gasteiger partial charge >= 0.3 is 11.9 Å². The Hall–Kier alpha value is -3.30. The van der Waals surface area contributed by atoms with Crippen molar-refractivity contribution in [2.24, 2.45) is 0 Å². The maximum absolute atomic E-state index is 11.1. The number of carboxylic acids is 2. The van der Waals surface area contributed by atoms with E-state index < -0.39 is 11.9 Å². The van der Waals surface area contributed by atoms with Crippen molar-refractivity contribution in [2.75, 3.05) is 11.4 Å². The summed E-state index contributed by atoms with van der Waals surface area (Å²) in [6.45, 7) is 0.300. The number of aliphatic carboxylic acids is 1. The van der Waals surface area contributed by atoms with E-state index in [9.17, 15) is 14.7 Å². The Bertz CT molecular complexity index is 1330. The second-order valence-electron chi connectivity index (χ2n) is 6.70. The lowest BCUT2D eigenvalue weighted by atomic mass is 10.2. The standard InChI is InChI=1S/C22H16N2O5S3/c25-19(26)11-12-23-15-3-1-2-4-16(15)31-18(23)10-9-17-20(27)24(22(30)32-17)14-7-5-13(6-8-14)21(28)29/h1-9,27H,11-12H2,(H,25,26)(H,28,29). The highest BCUT2D eigenvalue weighted by Gasteiger charge is 2.25. The summed E-state index contributed by atoms with van der Waals surface area (Å²) in [5.74, 6) is -1.99. The van der Waals surface area contributed by atoms with Crippen molar-refractivity contribution in [3.8, 4) is 11.6 Å². The van der Waals surface area contributed by atoms with Crippen LogP contribution in [-0.4, -0.2) is 38.4 Å². The zero-order valence-electron chi connectivity index (χ0n) is 16.4. The molecule has 2 heterocycles. The van der Waals surface area contributed by atoms with Crippen LogP contribution in [0.1, 0.15) is 21.7 Å². The van der Waals surface area contributed by atoms with Crippen molar-refractivity contribution in [3.05, 3.63) is 73.7 Å². The molecule has 0 spiro atoms. The van der Waals surface area contributed by atoms with E-state index in [0.717, 1.165) is 15.6 Å². The van der Waals surface area contributed by atoms with Gasteiger partial charge in [-0.3, -0.25) is 9.36 Å². The molecule has 0 saturated heterocycles. The molecule has 1 aromatic heterocycles. The lowest BCUT2D eigenvalue weighted by molar-refractivity contribution is -0.136. The van der Waals surface area contributed by atoms with Crippen LogP contribution in [0.3, 0.4) is 0 Å². The van der Waals surface area contributed by atoms with Gasteiger partial charge in [0.15, 0.2) is 3.95 Å². The number of hydrogen-bond acceptors (Lipinski definition) is 7. The fraction of sp³-hybridized carbons (Fsp3) is 0.0909. The number of thioether (sulfide) groups is 1. The van der Waals surface area contributed by atoms with Gasteiger partial charge in [0, 0.05) is 17.5 Å². The zero-order chi connectivity index (χ0) is 22.8. The fourth-order valence-corrected chi connectivity index (χ4v) is 5.44. The van der Waals surface area contributed by atoms with E-state index in [1.54, 1.807) is 18.2 Å². The summed E-state index contributed by atoms with van der Waals surface area (Å²) in [5.41, 5.74) is 4.78. The number of thiazole rings is 1. The number of benzene rings is 2. The zero-order valence-corrected chi connectivity index (χ0v) is 18.8. The highest BCUT2D eigenvalue weighted by Crippen LogP contribution is 2.45. The van der Waals surface area contributed by atoms with Crippen LogP contribution in [0.4, 0.5) is 5.69 Å². The van der Waals surface area contributed by atoms with E-state index in [2.05, 4.69) is 5.73 Å². The van der Waals surface area contributed by atoms with E-state index in [-0.39, 0.29) is 17.9 Å². The maximum atomic E-state index is 11.1. The molecule has 1 aliphatic rings. The van der Waals surface area contributed by atoms with Crippen molar-refractivity contribution in [1.82, 2.24) is 4.57 Å². The number of carbonyl (C=O) groups is 2. The van der Waals surface area contributed by atoms with Crippen molar-refractivity contribution in [3.63, 3.8) is 0 Å². The van der Waals surface area contributed by atoms with E-state index in [1.165, 1.54) is 39.8 Å². The number of para-hydroxylation sites is 1. The Morgan fingerprint density at radius 2 is 1.81 bits per heavy atom. The van der Waals surface area contributed by atoms with Crippen LogP contribution in [0, 0.1) is 3.95 Å². The Kier molecular flexibility index (Phi) is 6.20. The van der Waals surface area contributed by atoms with Gasteiger partial charge in [0.2, 0.25) is 5.88 Å². The van der Waals surface area contributed by atoms with Gasteiger partial charge < -0.3 is 20.2 Å². The van der Waals surface area contributed by atoms with Gasteiger partial charge in [-0.1, -0.05) is 29.6 Å². The monoisotopic (exact) mass is 484 g/mol. The van der Waals surface area contributed by atoms with Crippen molar-refractivity contribution in [1.29, 1.82) is 0 Å². The topological polar surface area (TPSA) is 103 Å². The first-order chi connectivity index (χ1) is 15.3. The molecule has 0 radical (unpaired) electrons. The largest absolute Gasteiger partial charge is 0.493 e. The van der Waals surface area contributed by atoms with Gasteiger partial charge in [0.25, 0.3) is 0 Å². The first-order valence-corrected chi connectivity index (χ1v) is 11.4. The molecule has 1 aliphatic heterocycles. The second-order valence-corrected chi connectivity index (χ2v) is 9.41. The van der Waals surface area contributed by atoms with Crippen molar-refractivity contribution < 1.29 is 24.9 Å². The molecule has 32 heavy (non-hydrogen) atoms. The molecule has 0 atom stereocenters. The molecule has 4 rings (SSSR count). The Morgan fingerprint density at radius 1 is 1.09 bits per heavy atom. The number of aromatic hydroxyl groups is 1. The van der Waals surface area contributed by atoms with Crippen LogP contribution in [0.2, 0.25) is 0 Å². The molecule has 3 aromatic rings. The molecular weight excluding hydrogens is 468 g/mol. The van der Waals surface area contributed by atoms with Crippen LogP contribution in [-0.2, 0) is 4.79 Å². The highest BCUT2D eigenvalue weighted by molar-refractivity contribution is 8.03. The molecule has 0 fully saturated rings. The van der Waals surface area contributed by atoms with E-state index >= 15 is 0 Å². The lowest BCUT2D eigenvalue weighted by Crippen LogP contribution is -2.21. The number of carboxylic acid groups (broad SMARTS) is 2. The number of aromatic carboxylic acids is 1. The minimum Gasteiger partial charge on any atom is -0.493 e. The number of rotatable bonds is 6. The van der Waals surface area contributed by atoms with E-state index in [0.29, 0.717) is 21.1 Å². The van der Waals surface area contributed by atoms with Crippen molar-refractivity contribution in [2.45, 2.75) is 11.3 Å². The molecule has 2 aromatic carbocycles. The Balaban J connectivity index is 1.69. The predicted molar refractivity (Wildman–Crippen MR) is 126 cm³/mol. The van der Waals surface area contributed by atoms with Gasteiger partial charge in [0.1, 0.15) is 5.03 Å². The summed E-state index contributed by atoms with van der Waals surface area (Å²) in [6.07, 6.45) is 1.60. The lowest BCUT2D eigenvalue weighted by Gasteiger charge is -2.17. The normalized spacial score (nSPS) is 12.4. The average Bonchev–Trinajstić information content (AvgIpc) is 3.26. The Labute approximate surface area is 196 Å². The van der Waals surface area contributed by atoms with Crippen molar-refractivity contribution >= 4 is 59.0 Å². The van der Waals surface area contributed by atoms with Gasteiger partial charge in [0.05, 0.1) is 28.2 Å². The minimum atomic E-state index is -1.03. The SMILES string of the molecule is O=C(O)CCN1C(=C=Cc2sc(=S)n(-c3ccc(C(=O)O)cc3)c2O)Sc2ccccc21. The molecule has 0 saturated carbocycles. The Morgan fingerprint density at radius 3 is 2.50 bits per heavy atom. The molecule has 162 valence electrons. The second kappa shape index (κ2) is 9.05. The summed E-state index contributed by atoms with van der Waals surface area (Å²) in [7, 11) is 0. The molecule has 3 N–H and O–H groups in total. The fourth-order valence-electron chi connectivity index (χ4n) is 3.16. The predicted octanol–water partition coefficient (Wildman–Crippen LogP) is 5.21. The number of aromatic nitrogens is 1. The van der Waals surface area contributed by atoms with Gasteiger partial charge in [-0.15, -0.1) is 11.3 Å². The number of hydrogen-bond donors (Lipinski definition) is 3. The molecule has 0 unspecified atom stereocenters. The van der Waals surface area contributed by atoms with Gasteiger partial charge in [-0.25, -0.2) is 4.79 Å². The molecule has 10 heteroatoms. The van der Waals surface area contributed by atoms with Crippen LogP contribution in [0.15, 0.2) is 64.2 Å². The first kappa shape index (κ1) is 21.9. The summed E-state index contributed by atoms with van der Waals surface area (Å²) in [4.78, 5) is 25.5. The van der Waals surface area contributed by atoms with Gasteiger partial charge in [-0.05, 0) is 48.6 Å². The summed E-state index contributed by atoms with van der Waals surface area (Å²) in [6, 6.07) is 13.7. The average molecular weight is 485 g/mol. The first-order valence-electron chi connectivity index (χ1n) is 9.36. The third-order valence-electron chi connectivity index (χ3n) is 4.67. The van der Waals surface area contributed by atoms with Crippen LogP contribution in [0.25, 0.3) is 11.8 Å².